The van der Waals surface area contributed by atoms with Gasteiger partial charge in [-0.05, 0) is 37.5 Å². The smallest absolute Gasteiger partial charge is 0.151 e. The third kappa shape index (κ3) is 4.63. The Hall–Kier alpha value is -2.20. The van der Waals surface area contributed by atoms with Crippen LogP contribution in [0.5, 0.6) is 0 Å². The predicted octanol–water partition coefficient (Wildman–Crippen LogP) is 3.06. The molecule has 1 aromatic heterocycles. The maximum atomic E-state index is 4.31. The van der Waals surface area contributed by atoms with E-state index in [4.69, 9.17) is 0 Å². The molecule has 1 unspecified atom stereocenters. The van der Waals surface area contributed by atoms with Crippen LogP contribution in [0.25, 0.3) is 6.08 Å². The summed E-state index contributed by atoms with van der Waals surface area (Å²) in [6.45, 7) is 4.93. The van der Waals surface area contributed by atoms with E-state index in [1.54, 1.807) is 0 Å². The lowest BCUT2D eigenvalue weighted by Crippen LogP contribution is -2.46. The molecule has 1 saturated heterocycles. The molecule has 1 atom stereocenters. The SMILES string of the molecule is Cc1ccc(N2CCCC(NC/C=C/c3ccccc3)C2)nn1. The zero-order chi connectivity index (χ0) is 15.9. The summed E-state index contributed by atoms with van der Waals surface area (Å²) in [4.78, 5) is 2.33. The minimum Gasteiger partial charge on any atom is -0.354 e. The van der Waals surface area contributed by atoms with E-state index in [0.717, 1.165) is 31.1 Å². The van der Waals surface area contributed by atoms with Gasteiger partial charge in [-0.1, -0.05) is 42.5 Å². The zero-order valence-corrected chi connectivity index (χ0v) is 13.7. The highest BCUT2D eigenvalue weighted by atomic mass is 15.3. The minimum atomic E-state index is 0.507. The van der Waals surface area contributed by atoms with Crippen molar-refractivity contribution in [3.63, 3.8) is 0 Å². The minimum absolute atomic E-state index is 0.507. The van der Waals surface area contributed by atoms with Crippen molar-refractivity contribution in [2.75, 3.05) is 24.5 Å². The van der Waals surface area contributed by atoms with Gasteiger partial charge in [0.15, 0.2) is 5.82 Å². The second-order valence-electron chi connectivity index (χ2n) is 6.04. The fourth-order valence-corrected chi connectivity index (χ4v) is 2.91. The van der Waals surface area contributed by atoms with Crippen LogP contribution in [-0.4, -0.2) is 35.9 Å². The lowest BCUT2D eigenvalue weighted by molar-refractivity contribution is 0.435. The largest absolute Gasteiger partial charge is 0.354 e. The van der Waals surface area contributed by atoms with Crippen LogP contribution in [0.1, 0.15) is 24.1 Å². The third-order valence-electron chi connectivity index (χ3n) is 4.16. The third-order valence-corrected chi connectivity index (χ3v) is 4.16. The molecule has 0 saturated carbocycles. The molecule has 0 radical (unpaired) electrons. The summed E-state index contributed by atoms with van der Waals surface area (Å²) in [5, 5.41) is 12.1. The summed E-state index contributed by atoms with van der Waals surface area (Å²) in [5.41, 5.74) is 2.21. The van der Waals surface area contributed by atoms with Crippen LogP contribution < -0.4 is 10.2 Å². The lowest BCUT2D eigenvalue weighted by atomic mass is 10.1. The molecule has 1 fully saturated rings. The van der Waals surface area contributed by atoms with Gasteiger partial charge in [-0.2, -0.15) is 5.10 Å². The van der Waals surface area contributed by atoms with E-state index < -0.39 is 0 Å². The monoisotopic (exact) mass is 308 g/mol. The molecule has 0 aliphatic carbocycles. The van der Waals surface area contributed by atoms with E-state index in [-0.39, 0.29) is 0 Å². The highest BCUT2D eigenvalue weighted by Gasteiger charge is 2.20. The normalized spacial score (nSPS) is 18.5. The van der Waals surface area contributed by atoms with Gasteiger partial charge in [0, 0.05) is 25.7 Å². The van der Waals surface area contributed by atoms with Crippen molar-refractivity contribution < 1.29 is 0 Å². The van der Waals surface area contributed by atoms with Gasteiger partial charge in [-0.15, -0.1) is 5.10 Å². The highest BCUT2D eigenvalue weighted by Crippen LogP contribution is 2.17. The Balaban J connectivity index is 1.49. The standard InChI is InChI=1S/C19H24N4/c1-16-11-12-19(22-21-16)23-14-6-10-18(15-23)20-13-5-9-17-7-3-2-4-8-17/h2-5,7-9,11-12,18,20H,6,10,13-15H2,1H3/b9-5+. The Morgan fingerprint density at radius 1 is 1.17 bits per heavy atom. The van der Waals surface area contributed by atoms with Crippen LogP contribution in [0.15, 0.2) is 48.5 Å². The Kier molecular flexibility index (Phi) is 5.37. The van der Waals surface area contributed by atoms with Crippen LogP contribution >= 0.6 is 0 Å². The number of nitrogens with zero attached hydrogens (tertiary/aromatic N) is 3. The molecule has 120 valence electrons. The number of hydrogen-bond acceptors (Lipinski definition) is 4. The van der Waals surface area contributed by atoms with Gasteiger partial charge in [-0.3, -0.25) is 0 Å². The molecular formula is C19H24N4. The summed E-state index contributed by atoms with van der Waals surface area (Å²) in [6.07, 6.45) is 6.77. The van der Waals surface area contributed by atoms with Crippen LogP contribution in [0.3, 0.4) is 0 Å². The van der Waals surface area contributed by atoms with E-state index in [1.807, 2.05) is 19.1 Å². The van der Waals surface area contributed by atoms with Gasteiger partial charge in [0.05, 0.1) is 5.69 Å². The molecule has 0 bridgehead atoms. The van der Waals surface area contributed by atoms with Crippen molar-refractivity contribution in [2.24, 2.45) is 0 Å². The number of piperidine rings is 1. The van der Waals surface area contributed by atoms with Gasteiger partial charge in [-0.25, -0.2) is 0 Å². The molecule has 1 aliphatic heterocycles. The molecule has 2 aromatic rings. The van der Waals surface area contributed by atoms with Crippen molar-refractivity contribution in [3.8, 4) is 0 Å². The molecule has 1 aromatic carbocycles. The molecule has 3 rings (SSSR count). The van der Waals surface area contributed by atoms with Gasteiger partial charge in [0.1, 0.15) is 0 Å². The maximum Gasteiger partial charge on any atom is 0.151 e. The van der Waals surface area contributed by atoms with Gasteiger partial charge < -0.3 is 10.2 Å². The second-order valence-corrected chi connectivity index (χ2v) is 6.04. The van der Waals surface area contributed by atoms with Crippen LogP contribution in [0.2, 0.25) is 0 Å². The molecule has 23 heavy (non-hydrogen) atoms. The number of benzene rings is 1. The number of aryl methyl sites for hydroxylation is 1. The van der Waals surface area contributed by atoms with E-state index in [0.29, 0.717) is 6.04 Å². The number of anilines is 1. The highest BCUT2D eigenvalue weighted by molar-refractivity contribution is 5.48. The number of hydrogen-bond donors (Lipinski definition) is 1. The predicted molar refractivity (Wildman–Crippen MR) is 95.5 cm³/mol. The Morgan fingerprint density at radius 2 is 2.04 bits per heavy atom. The molecule has 4 nitrogen and oxygen atoms in total. The van der Waals surface area contributed by atoms with Crippen molar-refractivity contribution in [2.45, 2.75) is 25.8 Å². The molecule has 2 heterocycles. The quantitative estimate of drug-likeness (QED) is 0.922. The number of aromatic nitrogens is 2. The first-order valence-electron chi connectivity index (χ1n) is 8.31. The van der Waals surface area contributed by atoms with Crippen LogP contribution in [0, 0.1) is 6.92 Å². The first-order valence-corrected chi connectivity index (χ1v) is 8.31. The zero-order valence-electron chi connectivity index (χ0n) is 13.7. The van der Waals surface area contributed by atoms with Gasteiger partial charge in [0.25, 0.3) is 0 Å². The summed E-state index contributed by atoms with van der Waals surface area (Å²) < 4.78 is 0. The second kappa shape index (κ2) is 7.88. The molecule has 0 spiro atoms. The average Bonchev–Trinajstić information content (AvgIpc) is 2.61. The fraction of sp³-hybridized carbons (Fsp3) is 0.368. The fourth-order valence-electron chi connectivity index (χ4n) is 2.91. The Labute approximate surface area is 138 Å². The summed E-state index contributed by atoms with van der Waals surface area (Å²) in [7, 11) is 0. The van der Waals surface area contributed by atoms with E-state index in [2.05, 4.69) is 62.9 Å². The van der Waals surface area contributed by atoms with Crippen molar-refractivity contribution >= 4 is 11.9 Å². The Morgan fingerprint density at radius 3 is 2.83 bits per heavy atom. The summed E-state index contributed by atoms with van der Waals surface area (Å²) >= 11 is 0. The topological polar surface area (TPSA) is 41.0 Å². The molecule has 0 amide bonds. The average molecular weight is 308 g/mol. The molecular weight excluding hydrogens is 284 g/mol. The first kappa shape index (κ1) is 15.7. The molecule has 1 aliphatic rings. The van der Waals surface area contributed by atoms with E-state index >= 15 is 0 Å². The van der Waals surface area contributed by atoms with E-state index in [9.17, 15) is 0 Å². The van der Waals surface area contributed by atoms with Crippen LogP contribution in [-0.2, 0) is 0 Å². The van der Waals surface area contributed by atoms with E-state index in [1.165, 1.54) is 18.4 Å². The number of nitrogens with one attached hydrogen (secondary N) is 1. The summed E-state index contributed by atoms with van der Waals surface area (Å²) in [6, 6.07) is 15.0. The molecule has 4 heteroatoms. The maximum absolute atomic E-state index is 4.31. The summed E-state index contributed by atoms with van der Waals surface area (Å²) in [5.74, 6) is 0.988. The van der Waals surface area contributed by atoms with Gasteiger partial charge in [0.2, 0.25) is 0 Å². The lowest BCUT2D eigenvalue weighted by Gasteiger charge is -2.33. The van der Waals surface area contributed by atoms with Crippen molar-refractivity contribution in [3.05, 3.63) is 59.8 Å². The van der Waals surface area contributed by atoms with Gasteiger partial charge >= 0.3 is 0 Å². The van der Waals surface area contributed by atoms with Crippen LogP contribution in [0.4, 0.5) is 5.82 Å². The number of rotatable bonds is 5. The Bertz CT molecular complexity index is 622. The first-order chi connectivity index (χ1) is 11.3. The van der Waals surface area contributed by atoms with Crippen molar-refractivity contribution in [1.29, 1.82) is 0 Å². The molecule has 1 N–H and O–H groups in total. The van der Waals surface area contributed by atoms with Crippen molar-refractivity contribution in [1.82, 2.24) is 15.5 Å².